The largest absolute Gasteiger partial charge is 0.472 e. The number of likely N-dealkylation sites (N-methyl/N-ethyl adjacent to an activating group) is 1. The van der Waals surface area contributed by atoms with Gasteiger partial charge in [-0.1, -0.05) is 237 Å². The molecule has 0 saturated heterocycles. The average molecular weight is 1100 g/mol. The van der Waals surface area contributed by atoms with E-state index in [9.17, 15) is 19.0 Å². The van der Waals surface area contributed by atoms with Crippen LogP contribution in [0.3, 0.4) is 0 Å². The van der Waals surface area contributed by atoms with Gasteiger partial charge in [0.25, 0.3) is 0 Å². The molecule has 0 heterocycles. The highest BCUT2D eigenvalue weighted by atomic mass is 31.2. The van der Waals surface area contributed by atoms with Crippen LogP contribution in [0.2, 0.25) is 0 Å². The Hall–Kier alpha value is -4.11. The number of hydrogen-bond acceptors (Lipinski definition) is 7. The molecule has 10 heteroatoms. The molecule has 0 radical (unpaired) electrons. The Balaban J connectivity index is 4.21. The van der Waals surface area contributed by atoms with E-state index in [0.29, 0.717) is 17.4 Å². The molecule has 0 amide bonds. The highest BCUT2D eigenvalue weighted by Crippen LogP contribution is 2.43. The van der Waals surface area contributed by atoms with E-state index in [2.05, 4.69) is 160 Å². The van der Waals surface area contributed by atoms with E-state index in [-0.39, 0.29) is 32.0 Å². The Kier molecular flexibility index (Phi) is 54.5. The minimum Gasteiger partial charge on any atom is -0.462 e. The summed E-state index contributed by atoms with van der Waals surface area (Å²) < 4.78 is 34.6. The van der Waals surface area contributed by atoms with Crippen LogP contribution in [-0.2, 0) is 32.7 Å². The van der Waals surface area contributed by atoms with Crippen LogP contribution in [0.15, 0.2) is 146 Å². The number of allylic oxidation sites excluding steroid dienone is 24. The molecule has 9 nitrogen and oxygen atoms in total. The van der Waals surface area contributed by atoms with Crippen molar-refractivity contribution in [1.82, 2.24) is 0 Å². The van der Waals surface area contributed by atoms with Gasteiger partial charge >= 0.3 is 19.8 Å². The third-order valence-electron chi connectivity index (χ3n) is 12.4. The predicted octanol–water partition coefficient (Wildman–Crippen LogP) is 19.5. The molecule has 0 bridgehead atoms. The van der Waals surface area contributed by atoms with Gasteiger partial charge in [0, 0.05) is 12.8 Å². The van der Waals surface area contributed by atoms with Gasteiger partial charge in [0.15, 0.2) is 6.10 Å². The molecule has 1 N–H and O–H groups in total. The van der Waals surface area contributed by atoms with Crippen molar-refractivity contribution in [3.63, 3.8) is 0 Å². The van der Waals surface area contributed by atoms with Gasteiger partial charge in [-0.05, 0) is 116 Å². The maximum atomic E-state index is 12.8. The van der Waals surface area contributed by atoms with E-state index < -0.39 is 26.5 Å². The van der Waals surface area contributed by atoms with E-state index in [4.69, 9.17) is 18.5 Å². The molecule has 0 aliphatic carbocycles. The monoisotopic (exact) mass is 1100 g/mol. The van der Waals surface area contributed by atoms with Crippen LogP contribution in [0.4, 0.5) is 0 Å². The summed E-state index contributed by atoms with van der Waals surface area (Å²) in [4.78, 5) is 35.7. The summed E-state index contributed by atoms with van der Waals surface area (Å²) in [5.41, 5.74) is 0. The van der Waals surface area contributed by atoms with Gasteiger partial charge in [0.05, 0.1) is 27.7 Å². The molecule has 2 unspecified atom stereocenters. The first-order valence-corrected chi connectivity index (χ1v) is 32.1. The zero-order valence-electron chi connectivity index (χ0n) is 50.1. The lowest BCUT2D eigenvalue weighted by Gasteiger charge is -2.24. The number of unbranched alkanes of at least 4 members (excludes halogenated alkanes) is 16. The number of rotatable bonds is 54. The second-order valence-electron chi connectivity index (χ2n) is 21.0. The molecule has 0 fully saturated rings. The second-order valence-corrected chi connectivity index (χ2v) is 22.4. The summed E-state index contributed by atoms with van der Waals surface area (Å²) in [5.74, 6) is -0.826. The third-order valence-corrected chi connectivity index (χ3v) is 13.3. The Labute approximate surface area is 478 Å². The highest BCUT2D eigenvalue weighted by Gasteiger charge is 2.27. The van der Waals surface area contributed by atoms with Gasteiger partial charge < -0.3 is 18.9 Å². The minimum absolute atomic E-state index is 0.0203. The Bertz CT molecular complexity index is 1820. The first-order valence-electron chi connectivity index (χ1n) is 30.6. The maximum Gasteiger partial charge on any atom is 0.472 e. The second kappa shape index (κ2) is 57.6. The molecule has 0 aliphatic heterocycles. The maximum absolute atomic E-state index is 12.8. The van der Waals surface area contributed by atoms with Gasteiger partial charge in [-0.2, -0.15) is 0 Å². The molecule has 0 aromatic heterocycles. The van der Waals surface area contributed by atoms with Crippen LogP contribution in [-0.4, -0.2) is 74.9 Å². The van der Waals surface area contributed by atoms with Crippen molar-refractivity contribution < 1.29 is 42.1 Å². The smallest absolute Gasteiger partial charge is 0.462 e. The lowest BCUT2D eigenvalue weighted by Crippen LogP contribution is -2.37. The van der Waals surface area contributed by atoms with Crippen molar-refractivity contribution in [3.8, 4) is 0 Å². The third kappa shape index (κ3) is 61.1. The summed E-state index contributed by atoms with van der Waals surface area (Å²) >= 11 is 0. The average Bonchev–Trinajstić information content (AvgIpc) is 3.41. The molecule has 442 valence electrons. The van der Waals surface area contributed by atoms with Crippen molar-refractivity contribution in [3.05, 3.63) is 146 Å². The van der Waals surface area contributed by atoms with Crippen LogP contribution in [0.1, 0.15) is 219 Å². The summed E-state index contributed by atoms with van der Waals surface area (Å²) in [6, 6.07) is 0. The number of carbonyl (C=O) groups excluding carboxylic acids is 2. The Morgan fingerprint density at radius 3 is 1.03 bits per heavy atom. The predicted molar refractivity (Wildman–Crippen MR) is 334 cm³/mol. The van der Waals surface area contributed by atoms with Crippen LogP contribution < -0.4 is 0 Å². The van der Waals surface area contributed by atoms with Crippen LogP contribution in [0.25, 0.3) is 0 Å². The summed E-state index contributed by atoms with van der Waals surface area (Å²) in [6.45, 7) is 4.17. The number of hydrogen-bond donors (Lipinski definition) is 1. The van der Waals surface area contributed by atoms with Crippen molar-refractivity contribution in [2.75, 3.05) is 47.5 Å². The van der Waals surface area contributed by atoms with Gasteiger partial charge in [-0.3, -0.25) is 18.6 Å². The van der Waals surface area contributed by atoms with Gasteiger partial charge in [0.2, 0.25) is 0 Å². The van der Waals surface area contributed by atoms with Crippen LogP contribution in [0.5, 0.6) is 0 Å². The Morgan fingerprint density at radius 2 is 0.692 bits per heavy atom. The number of quaternary nitrogens is 1. The summed E-state index contributed by atoms with van der Waals surface area (Å²) in [5, 5.41) is 0. The molecular weight excluding hydrogens is 990 g/mol. The van der Waals surface area contributed by atoms with Crippen molar-refractivity contribution >= 4 is 19.8 Å². The van der Waals surface area contributed by atoms with Crippen molar-refractivity contribution in [2.45, 2.75) is 225 Å². The van der Waals surface area contributed by atoms with E-state index >= 15 is 0 Å². The van der Waals surface area contributed by atoms with E-state index in [1.54, 1.807) is 0 Å². The quantitative estimate of drug-likeness (QED) is 0.0211. The Morgan fingerprint density at radius 1 is 0.397 bits per heavy atom. The fourth-order valence-electron chi connectivity index (χ4n) is 7.73. The molecule has 0 aromatic rings. The topological polar surface area (TPSA) is 108 Å². The van der Waals surface area contributed by atoms with Gasteiger partial charge in [-0.15, -0.1) is 0 Å². The van der Waals surface area contributed by atoms with Crippen molar-refractivity contribution in [2.24, 2.45) is 0 Å². The molecule has 0 saturated carbocycles. The molecule has 78 heavy (non-hydrogen) atoms. The molecule has 2 atom stereocenters. The summed E-state index contributed by atoms with van der Waals surface area (Å²) in [6.07, 6.45) is 84.8. The normalized spacial score (nSPS) is 14.3. The van der Waals surface area contributed by atoms with Gasteiger partial charge in [-0.25, -0.2) is 4.57 Å². The number of nitrogens with zero attached hydrogens (tertiary/aromatic N) is 1. The number of ether oxygens (including phenoxy) is 2. The van der Waals surface area contributed by atoms with E-state index in [0.717, 1.165) is 135 Å². The number of phosphoric acid groups is 1. The molecule has 0 aromatic carbocycles. The van der Waals surface area contributed by atoms with Crippen molar-refractivity contribution in [1.29, 1.82) is 0 Å². The molecule has 0 rings (SSSR count). The molecule has 0 aliphatic rings. The lowest BCUT2D eigenvalue weighted by molar-refractivity contribution is -0.870. The number of phosphoric ester groups is 1. The summed E-state index contributed by atoms with van der Waals surface area (Å²) in [7, 11) is 1.44. The van der Waals surface area contributed by atoms with E-state index in [1.165, 1.54) is 51.4 Å². The molecule has 0 spiro atoms. The van der Waals surface area contributed by atoms with Crippen LogP contribution >= 0.6 is 7.82 Å². The zero-order chi connectivity index (χ0) is 57.0. The van der Waals surface area contributed by atoms with Gasteiger partial charge in [0.1, 0.15) is 19.8 Å². The highest BCUT2D eigenvalue weighted by molar-refractivity contribution is 7.47. The van der Waals surface area contributed by atoms with Crippen LogP contribution in [0, 0.1) is 0 Å². The minimum atomic E-state index is -4.40. The fourth-order valence-corrected chi connectivity index (χ4v) is 8.47. The first kappa shape index (κ1) is 73.9. The first-order chi connectivity index (χ1) is 38.0. The zero-order valence-corrected chi connectivity index (χ0v) is 51.0. The fraction of sp³-hybridized carbons (Fsp3) is 0.618. The lowest BCUT2D eigenvalue weighted by atomic mass is 10.1. The number of carbonyl (C=O) groups is 2. The number of esters is 2. The molecular formula is C68H113NO8P+. The SMILES string of the molecule is CC/C=C\C/C=C\C/C=C\C/C=C\C/C=C\C/C=C\C/C=C\C/C=C\CCCCCCCCCCC(=O)OC(COC(=O)CCCCCCCCCC/C=C\C/C=C\C/C=C\C/C=C\CC)COP(=O)(O)OCC[N+](C)(C)C. The standard InChI is InChI=1S/C68H112NO8P/c1-6-8-10-12-14-16-18-20-22-24-26-28-29-30-31-32-33-34-35-36-37-38-39-41-43-45-47-49-51-53-55-57-59-61-68(71)77-66(65-76-78(72,73)75-63-62-69(3,4)5)64-74-67(70)60-58-56-54-52-50-48-46-44-42-40-27-25-23-21-19-17-15-13-11-9-7-2/h8-11,14-17,20-23,26-28,30-31,33-34,36-37,39-41,66H,6-7,12-13,18-19,24-25,29,32,35,38,42-65H2,1-5H3/p+1/b10-8-,11-9-,16-14-,17-15-,22-20-,23-21-,28-26-,31-30-,34-33-,37-36-,40-27-,41-39-. The van der Waals surface area contributed by atoms with E-state index in [1.807, 2.05) is 21.1 Å².